The number of imidazole rings is 1. The highest BCUT2D eigenvalue weighted by Gasteiger charge is 2.24. The van der Waals surface area contributed by atoms with Gasteiger partial charge in [0.25, 0.3) is 0 Å². The van der Waals surface area contributed by atoms with Gasteiger partial charge < -0.3 is 9.30 Å². The van der Waals surface area contributed by atoms with Gasteiger partial charge in [-0.15, -0.1) is 0 Å². The third kappa shape index (κ3) is 2.05. The fourth-order valence-electron chi connectivity index (χ4n) is 2.54. The molecule has 0 spiro atoms. The second kappa shape index (κ2) is 4.31. The Balaban J connectivity index is 1.91. The summed E-state index contributed by atoms with van der Waals surface area (Å²) in [4.78, 5) is 7.16. The number of likely N-dealkylation sites (tertiary alicyclic amines) is 1. The summed E-state index contributed by atoms with van der Waals surface area (Å²) in [6, 6.07) is 3.86. The Kier molecular flexibility index (Phi) is 2.81. The Morgan fingerprint density at radius 3 is 3.06 bits per heavy atom. The Bertz CT molecular complexity index is 534. The number of likely N-dealkylation sites (N-methyl/N-ethyl adjacent to an activating group) is 1. The molecule has 0 saturated carbocycles. The molecule has 1 unspecified atom stereocenters. The van der Waals surface area contributed by atoms with Crippen molar-refractivity contribution in [3.8, 4) is 0 Å². The number of nitrogens with zero attached hydrogens (tertiary/aromatic N) is 3. The Morgan fingerprint density at radius 1 is 1.41 bits per heavy atom. The van der Waals surface area contributed by atoms with Crippen LogP contribution in [0.3, 0.4) is 0 Å². The molecule has 1 atom stereocenters. The zero-order valence-corrected chi connectivity index (χ0v) is 10.7. The zero-order chi connectivity index (χ0) is 11.8. The lowest BCUT2D eigenvalue weighted by atomic mass is 10.1. The van der Waals surface area contributed by atoms with Gasteiger partial charge in [-0.1, -0.05) is 18.5 Å². The van der Waals surface area contributed by atoms with E-state index in [4.69, 9.17) is 11.6 Å². The van der Waals surface area contributed by atoms with Crippen molar-refractivity contribution in [2.45, 2.75) is 19.3 Å². The lowest BCUT2D eigenvalue weighted by Gasteiger charge is -2.11. The molecule has 1 aliphatic rings. The lowest BCUT2D eigenvalue weighted by molar-refractivity contribution is 0.353. The molecule has 3 heterocycles. The number of pyridine rings is 1. The van der Waals surface area contributed by atoms with Gasteiger partial charge in [0.1, 0.15) is 5.65 Å². The third-order valence-electron chi connectivity index (χ3n) is 3.57. The van der Waals surface area contributed by atoms with E-state index in [9.17, 15) is 0 Å². The molecule has 17 heavy (non-hydrogen) atoms. The quantitative estimate of drug-likeness (QED) is 0.816. The summed E-state index contributed by atoms with van der Waals surface area (Å²) in [6.07, 6.45) is 5.25. The molecule has 0 aromatic carbocycles. The van der Waals surface area contributed by atoms with E-state index in [0.717, 1.165) is 23.8 Å². The first kappa shape index (κ1) is 11.1. The molecule has 3 rings (SSSR count). The average Bonchev–Trinajstić information content (AvgIpc) is 2.93. The maximum absolute atomic E-state index is 5.98. The van der Waals surface area contributed by atoms with Crippen molar-refractivity contribution in [3.05, 3.63) is 35.2 Å². The second-order valence-corrected chi connectivity index (χ2v) is 5.09. The van der Waals surface area contributed by atoms with E-state index < -0.39 is 0 Å². The van der Waals surface area contributed by atoms with Crippen molar-refractivity contribution in [1.82, 2.24) is 14.3 Å². The van der Waals surface area contributed by atoms with Crippen LogP contribution in [0.15, 0.2) is 24.5 Å². The van der Waals surface area contributed by atoms with Crippen LogP contribution < -0.4 is 0 Å². The van der Waals surface area contributed by atoms with Crippen molar-refractivity contribution in [3.63, 3.8) is 0 Å². The van der Waals surface area contributed by atoms with E-state index in [1.165, 1.54) is 18.7 Å². The number of halogens is 1. The summed E-state index contributed by atoms with van der Waals surface area (Å²) in [7, 11) is 0. The fraction of sp³-hybridized carbons (Fsp3) is 0.462. The largest absolute Gasteiger partial charge is 0.305 e. The SMILES string of the molecule is CCN1CCC(c2cn3cc(Cl)ccc3n2)C1. The molecule has 1 aliphatic heterocycles. The maximum Gasteiger partial charge on any atom is 0.137 e. The minimum atomic E-state index is 0.577. The Hall–Kier alpha value is -1.06. The number of rotatable bonds is 2. The topological polar surface area (TPSA) is 20.5 Å². The standard InChI is InChI=1S/C13H16ClN3/c1-2-16-6-5-10(7-16)12-9-17-8-11(14)3-4-13(17)15-12/h3-4,8-10H,2,5-7H2,1H3. The number of hydrogen-bond acceptors (Lipinski definition) is 2. The van der Waals surface area contributed by atoms with Crippen LogP contribution in [0.2, 0.25) is 5.02 Å². The van der Waals surface area contributed by atoms with Crippen LogP contribution in [-0.2, 0) is 0 Å². The van der Waals surface area contributed by atoms with Crippen LogP contribution in [0.25, 0.3) is 5.65 Å². The van der Waals surface area contributed by atoms with Gasteiger partial charge in [-0.2, -0.15) is 0 Å². The second-order valence-electron chi connectivity index (χ2n) is 4.66. The highest BCUT2D eigenvalue weighted by Crippen LogP contribution is 2.26. The van der Waals surface area contributed by atoms with Gasteiger partial charge in [-0.25, -0.2) is 4.98 Å². The minimum absolute atomic E-state index is 0.577. The summed E-state index contributed by atoms with van der Waals surface area (Å²) in [5.41, 5.74) is 2.18. The van der Waals surface area contributed by atoms with Crippen LogP contribution in [0, 0.1) is 0 Å². The molecule has 1 fully saturated rings. The van der Waals surface area contributed by atoms with Crippen molar-refractivity contribution in [2.24, 2.45) is 0 Å². The van der Waals surface area contributed by atoms with Crippen LogP contribution in [0.5, 0.6) is 0 Å². The third-order valence-corrected chi connectivity index (χ3v) is 3.80. The van der Waals surface area contributed by atoms with E-state index in [2.05, 4.69) is 23.0 Å². The smallest absolute Gasteiger partial charge is 0.137 e. The van der Waals surface area contributed by atoms with Gasteiger partial charge in [0.05, 0.1) is 10.7 Å². The summed E-state index contributed by atoms with van der Waals surface area (Å²) < 4.78 is 2.02. The van der Waals surface area contributed by atoms with Crippen LogP contribution in [0.1, 0.15) is 25.0 Å². The van der Waals surface area contributed by atoms with E-state index in [0.29, 0.717) is 5.92 Å². The first-order valence-corrected chi connectivity index (χ1v) is 6.50. The molecule has 2 aromatic heterocycles. The molecule has 0 aliphatic carbocycles. The predicted molar refractivity (Wildman–Crippen MR) is 69.7 cm³/mol. The van der Waals surface area contributed by atoms with Gasteiger partial charge in [-0.3, -0.25) is 0 Å². The number of hydrogen-bond donors (Lipinski definition) is 0. The molecule has 0 radical (unpaired) electrons. The summed E-state index contributed by atoms with van der Waals surface area (Å²) >= 11 is 5.98. The number of fused-ring (bicyclic) bond motifs is 1. The van der Waals surface area contributed by atoms with Crippen molar-refractivity contribution < 1.29 is 0 Å². The van der Waals surface area contributed by atoms with E-state index in [1.807, 2.05) is 22.7 Å². The van der Waals surface area contributed by atoms with Crippen molar-refractivity contribution in [1.29, 1.82) is 0 Å². The number of aromatic nitrogens is 2. The van der Waals surface area contributed by atoms with E-state index in [-0.39, 0.29) is 0 Å². The molecule has 90 valence electrons. The first-order valence-electron chi connectivity index (χ1n) is 6.13. The lowest BCUT2D eigenvalue weighted by Crippen LogP contribution is -2.19. The Morgan fingerprint density at radius 2 is 2.29 bits per heavy atom. The average molecular weight is 250 g/mol. The highest BCUT2D eigenvalue weighted by atomic mass is 35.5. The monoisotopic (exact) mass is 249 g/mol. The molecule has 0 amide bonds. The summed E-state index contributed by atoms with van der Waals surface area (Å²) in [6.45, 7) is 5.67. The van der Waals surface area contributed by atoms with Crippen molar-refractivity contribution >= 4 is 17.2 Å². The summed E-state index contributed by atoms with van der Waals surface area (Å²) in [5, 5.41) is 0.753. The van der Waals surface area contributed by atoms with E-state index in [1.54, 1.807) is 0 Å². The maximum atomic E-state index is 5.98. The molecule has 0 bridgehead atoms. The Labute approximate surface area is 106 Å². The molecular weight excluding hydrogens is 234 g/mol. The molecular formula is C13H16ClN3. The van der Waals surface area contributed by atoms with Gasteiger partial charge in [-0.05, 0) is 31.6 Å². The molecule has 1 saturated heterocycles. The van der Waals surface area contributed by atoms with Crippen LogP contribution >= 0.6 is 11.6 Å². The van der Waals surface area contributed by atoms with Gasteiger partial charge in [0.15, 0.2) is 0 Å². The van der Waals surface area contributed by atoms with E-state index >= 15 is 0 Å². The fourth-order valence-corrected chi connectivity index (χ4v) is 2.71. The zero-order valence-electron chi connectivity index (χ0n) is 9.93. The van der Waals surface area contributed by atoms with Gasteiger partial charge in [0.2, 0.25) is 0 Å². The van der Waals surface area contributed by atoms with Gasteiger partial charge in [0, 0.05) is 24.9 Å². The van der Waals surface area contributed by atoms with Gasteiger partial charge >= 0.3 is 0 Å². The predicted octanol–water partition coefficient (Wildman–Crippen LogP) is 2.80. The highest BCUT2D eigenvalue weighted by molar-refractivity contribution is 6.30. The normalized spacial score (nSPS) is 21.4. The van der Waals surface area contributed by atoms with Crippen LogP contribution in [-0.4, -0.2) is 33.9 Å². The molecule has 2 aromatic rings. The molecule has 4 heteroatoms. The summed E-state index contributed by atoms with van der Waals surface area (Å²) in [5.74, 6) is 0.577. The minimum Gasteiger partial charge on any atom is -0.305 e. The molecule has 0 N–H and O–H groups in total. The molecule has 3 nitrogen and oxygen atoms in total. The first-order chi connectivity index (χ1) is 8.26. The van der Waals surface area contributed by atoms with Crippen molar-refractivity contribution in [2.75, 3.05) is 19.6 Å². The van der Waals surface area contributed by atoms with Crippen LogP contribution in [0.4, 0.5) is 0 Å².